The van der Waals surface area contributed by atoms with Crippen LogP contribution in [0.3, 0.4) is 0 Å². The molecule has 0 aromatic carbocycles. The molecule has 0 amide bonds. The fourth-order valence-electron chi connectivity index (χ4n) is 7.18. The number of allylic oxidation sites excluding steroid dienone is 4. The van der Waals surface area contributed by atoms with Crippen LogP contribution in [0.2, 0.25) is 0 Å². The van der Waals surface area contributed by atoms with E-state index < -0.39 is 26.5 Å². The number of carbonyl (C=O) groups is 2. The first-order chi connectivity index (χ1) is 29.5. The second-order valence-corrected chi connectivity index (χ2v) is 20.0. The molecule has 2 atom stereocenters. The Bertz CT molecular complexity index is 1090. The van der Waals surface area contributed by atoms with E-state index in [1.807, 2.05) is 21.1 Å². The lowest BCUT2D eigenvalue weighted by molar-refractivity contribution is -0.870. The van der Waals surface area contributed by atoms with Crippen molar-refractivity contribution in [2.45, 2.75) is 245 Å². The van der Waals surface area contributed by atoms with Crippen molar-refractivity contribution in [3.8, 4) is 0 Å². The van der Waals surface area contributed by atoms with Gasteiger partial charge in [-0.3, -0.25) is 18.6 Å². The summed E-state index contributed by atoms with van der Waals surface area (Å²) in [6.07, 6.45) is 49.4. The SMILES string of the molecule is CCCCCCCCC/C=C\CCCCCCCC(=O)OCC(COP(=O)(O)OCC[N+](C)(C)C)OC(=O)CCCCCCCCCCC/C=C\CCCCCCCCCC. The van der Waals surface area contributed by atoms with Gasteiger partial charge in [-0.05, 0) is 64.2 Å². The lowest BCUT2D eigenvalue weighted by Gasteiger charge is -2.24. The lowest BCUT2D eigenvalue weighted by Crippen LogP contribution is -2.37. The van der Waals surface area contributed by atoms with Gasteiger partial charge in [0.25, 0.3) is 0 Å². The molecule has 61 heavy (non-hydrogen) atoms. The van der Waals surface area contributed by atoms with Crippen molar-refractivity contribution >= 4 is 19.8 Å². The molecule has 0 fully saturated rings. The van der Waals surface area contributed by atoms with Crippen LogP contribution in [-0.4, -0.2) is 74.9 Å². The van der Waals surface area contributed by atoms with Crippen molar-refractivity contribution in [2.75, 3.05) is 47.5 Å². The highest BCUT2D eigenvalue weighted by atomic mass is 31.2. The van der Waals surface area contributed by atoms with Gasteiger partial charge in [-0.25, -0.2) is 4.57 Å². The van der Waals surface area contributed by atoms with Crippen molar-refractivity contribution in [2.24, 2.45) is 0 Å². The van der Waals surface area contributed by atoms with Gasteiger partial charge in [-0.15, -0.1) is 0 Å². The average molecular weight is 885 g/mol. The maximum atomic E-state index is 12.8. The molecule has 9 nitrogen and oxygen atoms in total. The third-order valence-electron chi connectivity index (χ3n) is 11.2. The number of nitrogens with zero attached hydrogens (tertiary/aromatic N) is 1. The summed E-state index contributed by atoms with van der Waals surface area (Å²) in [4.78, 5) is 35.5. The molecule has 0 aliphatic carbocycles. The Hall–Kier alpha value is -1.51. The largest absolute Gasteiger partial charge is 0.472 e. The van der Waals surface area contributed by atoms with E-state index >= 15 is 0 Å². The van der Waals surface area contributed by atoms with Crippen molar-refractivity contribution in [1.29, 1.82) is 0 Å². The number of likely N-dealkylation sites (N-methyl/N-ethyl adjacent to an activating group) is 1. The fourth-order valence-corrected chi connectivity index (χ4v) is 7.92. The van der Waals surface area contributed by atoms with Gasteiger partial charge < -0.3 is 18.9 Å². The summed E-state index contributed by atoms with van der Waals surface area (Å²) in [6, 6.07) is 0. The number of esters is 2. The maximum absolute atomic E-state index is 12.8. The summed E-state index contributed by atoms with van der Waals surface area (Å²) in [5, 5.41) is 0. The third-order valence-corrected chi connectivity index (χ3v) is 12.2. The van der Waals surface area contributed by atoms with Crippen LogP contribution in [0, 0.1) is 0 Å². The number of carbonyl (C=O) groups excluding carboxylic acids is 2. The normalized spacial score (nSPS) is 13.6. The molecule has 360 valence electrons. The zero-order valence-corrected chi connectivity index (χ0v) is 41.6. The number of ether oxygens (including phenoxy) is 2. The highest BCUT2D eigenvalue weighted by molar-refractivity contribution is 7.47. The molecule has 0 saturated carbocycles. The van der Waals surface area contributed by atoms with Crippen LogP contribution in [-0.2, 0) is 32.7 Å². The fraction of sp³-hybridized carbons (Fsp3) is 0.882. The first-order valence-electron chi connectivity index (χ1n) is 25.6. The summed E-state index contributed by atoms with van der Waals surface area (Å²) in [5.41, 5.74) is 0. The predicted molar refractivity (Wildman–Crippen MR) is 257 cm³/mol. The smallest absolute Gasteiger partial charge is 0.462 e. The highest BCUT2D eigenvalue weighted by Gasteiger charge is 2.27. The van der Waals surface area contributed by atoms with Gasteiger partial charge in [0, 0.05) is 12.8 Å². The number of rotatable bonds is 47. The van der Waals surface area contributed by atoms with Crippen LogP contribution in [0.1, 0.15) is 239 Å². The number of hydrogen-bond acceptors (Lipinski definition) is 7. The first kappa shape index (κ1) is 59.5. The van der Waals surface area contributed by atoms with Crippen molar-refractivity contribution in [1.82, 2.24) is 0 Å². The van der Waals surface area contributed by atoms with E-state index in [0.29, 0.717) is 17.4 Å². The Labute approximate surface area is 377 Å². The number of phosphoric acid groups is 1. The van der Waals surface area contributed by atoms with E-state index in [1.165, 1.54) is 148 Å². The van der Waals surface area contributed by atoms with E-state index in [1.54, 1.807) is 0 Å². The average Bonchev–Trinajstić information content (AvgIpc) is 3.21. The Kier molecular flexibility index (Phi) is 42.6. The molecular weight excluding hydrogens is 786 g/mol. The molecule has 0 saturated heterocycles. The summed E-state index contributed by atoms with van der Waals surface area (Å²) in [7, 11) is 1.48. The minimum absolute atomic E-state index is 0.0315. The zero-order chi connectivity index (χ0) is 45.0. The minimum atomic E-state index is -4.38. The van der Waals surface area contributed by atoms with Gasteiger partial charge in [0.1, 0.15) is 19.8 Å². The molecule has 2 unspecified atom stereocenters. The number of unbranched alkanes of at least 4 members (excludes halogenated alkanes) is 29. The summed E-state index contributed by atoms with van der Waals surface area (Å²) >= 11 is 0. The van der Waals surface area contributed by atoms with E-state index in [2.05, 4.69) is 38.2 Å². The number of quaternary nitrogens is 1. The molecule has 1 N–H and O–H groups in total. The van der Waals surface area contributed by atoms with E-state index in [9.17, 15) is 19.0 Å². The molecule has 10 heteroatoms. The van der Waals surface area contributed by atoms with Gasteiger partial charge in [0.2, 0.25) is 0 Å². The molecule has 0 aromatic rings. The van der Waals surface area contributed by atoms with Gasteiger partial charge in [-0.2, -0.15) is 0 Å². The van der Waals surface area contributed by atoms with Gasteiger partial charge in [0.15, 0.2) is 6.10 Å². The zero-order valence-electron chi connectivity index (χ0n) is 40.7. The van der Waals surface area contributed by atoms with Crippen LogP contribution in [0.15, 0.2) is 24.3 Å². The van der Waals surface area contributed by atoms with Crippen molar-refractivity contribution in [3.63, 3.8) is 0 Å². The summed E-state index contributed by atoms with van der Waals surface area (Å²) in [6.45, 7) is 4.44. The van der Waals surface area contributed by atoms with Gasteiger partial charge >= 0.3 is 19.8 Å². The minimum Gasteiger partial charge on any atom is -0.462 e. The molecular formula is C51H99NO8P+. The van der Waals surface area contributed by atoms with Crippen molar-refractivity contribution in [3.05, 3.63) is 24.3 Å². The topological polar surface area (TPSA) is 108 Å². The van der Waals surface area contributed by atoms with Crippen LogP contribution >= 0.6 is 7.82 Å². The molecule has 0 heterocycles. The van der Waals surface area contributed by atoms with Gasteiger partial charge in [0.05, 0.1) is 27.7 Å². The third kappa shape index (κ3) is 47.8. The number of hydrogen-bond donors (Lipinski definition) is 1. The lowest BCUT2D eigenvalue weighted by atomic mass is 10.1. The highest BCUT2D eigenvalue weighted by Crippen LogP contribution is 2.43. The monoisotopic (exact) mass is 885 g/mol. The molecule has 0 aromatic heterocycles. The quantitative estimate of drug-likeness (QED) is 0.0212. The van der Waals surface area contributed by atoms with Crippen LogP contribution < -0.4 is 0 Å². The van der Waals surface area contributed by atoms with E-state index in [4.69, 9.17) is 18.5 Å². The standard InChI is InChI=1S/C51H98NO8P/c1-6-8-10-12-14-16-18-20-22-24-25-26-27-28-30-32-34-36-38-40-42-44-51(54)60-49(48-59-61(55,56)58-46-45-52(3,4)5)47-57-50(53)43-41-39-37-35-33-31-29-23-21-19-17-15-13-11-9-7-2/h23-25,29,49H,6-22,26-28,30-48H2,1-5H3/p+1/b25-24-,29-23-. The van der Waals surface area contributed by atoms with Crippen LogP contribution in [0.4, 0.5) is 0 Å². The number of phosphoric ester groups is 1. The van der Waals surface area contributed by atoms with Gasteiger partial charge in [-0.1, -0.05) is 186 Å². The van der Waals surface area contributed by atoms with Crippen LogP contribution in [0.25, 0.3) is 0 Å². The molecule has 0 spiro atoms. The van der Waals surface area contributed by atoms with Crippen LogP contribution in [0.5, 0.6) is 0 Å². The Balaban J connectivity index is 4.25. The second-order valence-electron chi connectivity index (χ2n) is 18.5. The Morgan fingerprint density at radius 2 is 0.836 bits per heavy atom. The Morgan fingerprint density at radius 3 is 1.21 bits per heavy atom. The van der Waals surface area contributed by atoms with E-state index in [0.717, 1.165) is 57.8 Å². The molecule has 0 bridgehead atoms. The van der Waals surface area contributed by atoms with E-state index in [-0.39, 0.29) is 32.0 Å². The molecule has 0 aliphatic heterocycles. The maximum Gasteiger partial charge on any atom is 0.472 e. The molecule has 0 radical (unpaired) electrons. The Morgan fingerprint density at radius 1 is 0.492 bits per heavy atom. The summed E-state index contributed by atoms with van der Waals surface area (Å²) in [5.74, 6) is -0.801. The summed E-state index contributed by atoms with van der Waals surface area (Å²) < 4.78 is 34.4. The molecule has 0 aliphatic rings. The van der Waals surface area contributed by atoms with Crippen molar-refractivity contribution < 1.29 is 42.1 Å². The predicted octanol–water partition coefficient (Wildman–Crippen LogP) is 15.1. The second kappa shape index (κ2) is 43.7. The first-order valence-corrected chi connectivity index (χ1v) is 27.1. The molecule has 0 rings (SSSR count).